The van der Waals surface area contributed by atoms with Gasteiger partial charge in [0.1, 0.15) is 23.4 Å². The number of imidazole rings is 1. The molecule has 0 spiro atoms. The summed E-state index contributed by atoms with van der Waals surface area (Å²) in [6.07, 6.45) is -1.65. The first kappa shape index (κ1) is 24.4. The molecule has 3 heterocycles. The van der Waals surface area contributed by atoms with E-state index < -0.39 is 11.7 Å². The van der Waals surface area contributed by atoms with Crippen molar-refractivity contribution in [2.24, 2.45) is 0 Å². The lowest BCUT2D eigenvalue weighted by Crippen LogP contribution is -2.41. The van der Waals surface area contributed by atoms with Gasteiger partial charge in [-0.25, -0.2) is 4.98 Å². The zero-order valence-electron chi connectivity index (χ0n) is 20.0. The van der Waals surface area contributed by atoms with Crippen LogP contribution in [0, 0.1) is 0 Å². The van der Waals surface area contributed by atoms with Gasteiger partial charge in [0.25, 0.3) is 5.91 Å². The Morgan fingerprint density at radius 1 is 1.08 bits per heavy atom. The summed E-state index contributed by atoms with van der Waals surface area (Å²) in [5.41, 5.74) is 0.277. The van der Waals surface area contributed by atoms with Crippen molar-refractivity contribution < 1.29 is 32.2 Å². The fraction of sp³-hybridized carbons (Fsp3) is 0.462. The standard InChI is InChI=1S/C26H28F3N3O4/c1-34-19-5-7-20(8-6-19)36-16-24(33)31-12-10-18(11-13-31)32-22-9-4-17(26(27,28)29)15-21(22)30-25(32)23-3-2-14-35-23/h4-9,15,18,23H,2-3,10-14,16H2,1H3. The van der Waals surface area contributed by atoms with Crippen molar-refractivity contribution in [2.75, 3.05) is 33.4 Å². The molecule has 0 aliphatic carbocycles. The van der Waals surface area contributed by atoms with E-state index in [1.807, 2.05) is 4.57 Å². The molecule has 1 atom stereocenters. The number of methoxy groups -OCH3 is 1. The Labute approximate surface area is 206 Å². The highest BCUT2D eigenvalue weighted by molar-refractivity contribution is 5.78. The molecule has 2 aliphatic heterocycles. The highest BCUT2D eigenvalue weighted by Gasteiger charge is 2.34. The van der Waals surface area contributed by atoms with Gasteiger partial charge in [0.05, 0.1) is 23.7 Å². The molecular formula is C26H28F3N3O4. The summed E-state index contributed by atoms with van der Waals surface area (Å²) >= 11 is 0. The Bertz CT molecular complexity index is 1210. The fourth-order valence-corrected chi connectivity index (χ4v) is 4.97. The molecule has 5 rings (SSSR count). The van der Waals surface area contributed by atoms with Crippen molar-refractivity contribution in [2.45, 2.75) is 44.0 Å². The smallest absolute Gasteiger partial charge is 0.416 e. The van der Waals surface area contributed by atoms with E-state index in [2.05, 4.69) is 4.98 Å². The molecule has 3 aromatic rings. The lowest BCUT2D eigenvalue weighted by molar-refractivity contribution is -0.137. The Morgan fingerprint density at radius 3 is 2.44 bits per heavy atom. The number of fused-ring (bicyclic) bond motifs is 1. The second kappa shape index (κ2) is 10.0. The minimum atomic E-state index is -4.43. The molecular weight excluding hydrogens is 475 g/mol. The minimum Gasteiger partial charge on any atom is -0.497 e. The molecule has 1 unspecified atom stereocenters. The highest BCUT2D eigenvalue weighted by atomic mass is 19.4. The van der Waals surface area contributed by atoms with Gasteiger partial charge in [0, 0.05) is 25.7 Å². The Hall–Kier alpha value is -3.27. The van der Waals surface area contributed by atoms with Gasteiger partial charge in [0.2, 0.25) is 0 Å². The molecule has 192 valence electrons. The molecule has 0 saturated carbocycles. The van der Waals surface area contributed by atoms with E-state index in [0.717, 1.165) is 25.0 Å². The number of carbonyl (C=O) groups is 1. The van der Waals surface area contributed by atoms with Crippen LogP contribution < -0.4 is 9.47 Å². The monoisotopic (exact) mass is 503 g/mol. The number of rotatable bonds is 6. The Balaban J connectivity index is 1.29. The van der Waals surface area contributed by atoms with E-state index in [-0.39, 0.29) is 24.7 Å². The van der Waals surface area contributed by atoms with E-state index in [4.69, 9.17) is 14.2 Å². The maximum atomic E-state index is 13.3. The van der Waals surface area contributed by atoms with E-state index in [1.165, 1.54) is 6.07 Å². The molecule has 7 nitrogen and oxygen atoms in total. The second-order valence-electron chi connectivity index (χ2n) is 9.12. The molecule has 1 amide bonds. The van der Waals surface area contributed by atoms with Gasteiger partial charge in [-0.05, 0) is 68.1 Å². The average molecular weight is 504 g/mol. The summed E-state index contributed by atoms with van der Waals surface area (Å²) in [5.74, 6) is 1.87. The van der Waals surface area contributed by atoms with Crippen LogP contribution in [0.1, 0.15) is 49.2 Å². The van der Waals surface area contributed by atoms with Gasteiger partial charge in [-0.2, -0.15) is 13.2 Å². The number of aromatic nitrogens is 2. The summed E-state index contributed by atoms with van der Waals surface area (Å²) in [4.78, 5) is 19.1. The molecule has 2 saturated heterocycles. The number of hydrogen-bond acceptors (Lipinski definition) is 5. The zero-order valence-corrected chi connectivity index (χ0v) is 20.0. The van der Waals surface area contributed by atoms with Gasteiger partial charge in [-0.3, -0.25) is 4.79 Å². The van der Waals surface area contributed by atoms with Crippen LogP contribution in [0.5, 0.6) is 11.5 Å². The first-order valence-electron chi connectivity index (χ1n) is 12.1. The summed E-state index contributed by atoms with van der Waals surface area (Å²) < 4.78 is 58.5. The predicted molar refractivity (Wildman–Crippen MR) is 126 cm³/mol. The molecule has 0 bridgehead atoms. The molecule has 0 radical (unpaired) electrons. The molecule has 2 aromatic carbocycles. The van der Waals surface area contributed by atoms with Crippen molar-refractivity contribution in [3.05, 3.63) is 53.9 Å². The van der Waals surface area contributed by atoms with Gasteiger partial charge < -0.3 is 23.7 Å². The first-order valence-corrected chi connectivity index (χ1v) is 12.1. The average Bonchev–Trinajstić information content (AvgIpc) is 3.55. The van der Waals surface area contributed by atoms with Crippen LogP contribution in [0.15, 0.2) is 42.5 Å². The maximum absolute atomic E-state index is 13.3. The molecule has 36 heavy (non-hydrogen) atoms. The molecule has 2 aliphatic rings. The molecule has 10 heteroatoms. The Kier molecular flexibility index (Phi) is 6.79. The number of alkyl halides is 3. The van der Waals surface area contributed by atoms with E-state index in [9.17, 15) is 18.0 Å². The second-order valence-corrected chi connectivity index (χ2v) is 9.12. The van der Waals surface area contributed by atoms with Crippen LogP contribution in [-0.4, -0.2) is 53.8 Å². The van der Waals surface area contributed by atoms with Crippen LogP contribution in [0.3, 0.4) is 0 Å². The van der Waals surface area contributed by atoms with Crippen molar-refractivity contribution >= 4 is 16.9 Å². The van der Waals surface area contributed by atoms with E-state index in [0.29, 0.717) is 60.9 Å². The zero-order chi connectivity index (χ0) is 25.3. The van der Waals surface area contributed by atoms with E-state index in [1.54, 1.807) is 36.3 Å². The number of amides is 1. The number of likely N-dealkylation sites (tertiary alicyclic amines) is 1. The van der Waals surface area contributed by atoms with Gasteiger partial charge in [-0.15, -0.1) is 0 Å². The van der Waals surface area contributed by atoms with Crippen molar-refractivity contribution in [1.82, 2.24) is 14.5 Å². The van der Waals surface area contributed by atoms with Crippen LogP contribution in [-0.2, 0) is 15.7 Å². The maximum Gasteiger partial charge on any atom is 0.416 e. The van der Waals surface area contributed by atoms with Gasteiger partial charge >= 0.3 is 6.18 Å². The summed E-state index contributed by atoms with van der Waals surface area (Å²) in [6.45, 7) is 1.61. The highest BCUT2D eigenvalue weighted by Crippen LogP contribution is 2.38. The SMILES string of the molecule is COc1ccc(OCC(=O)N2CCC(n3c(C4CCCO4)nc4cc(C(F)(F)F)ccc43)CC2)cc1. The Morgan fingerprint density at radius 2 is 1.81 bits per heavy atom. The lowest BCUT2D eigenvalue weighted by Gasteiger charge is -2.34. The normalized spacial score (nSPS) is 19.1. The fourth-order valence-electron chi connectivity index (χ4n) is 4.97. The van der Waals surface area contributed by atoms with Gasteiger partial charge in [0.15, 0.2) is 6.61 Å². The van der Waals surface area contributed by atoms with Crippen LogP contribution in [0.2, 0.25) is 0 Å². The number of hydrogen-bond donors (Lipinski definition) is 0. The first-order chi connectivity index (χ1) is 17.3. The van der Waals surface area contributed by atoms with Crippen molar-refractivity contribution in [1.29, 1.82) is 0 Å². The number of halogens is 3. The quantitative estimate of drug-likeness (QED) is 0.465. The van der Waals surface area contributed by atoms with Crippen LogP contribution >= 0.6 is 0 Å². The van der Waals surface area contributed by atoms with Crippen molar-refractivity contribution in [3.63, 3.8) is 0 Å². The topological polar surface area (TPSA) is 65.8 Å². The van der Waals surface area contributed by atoms with E-state index >= 15 is 0 Å². The third-order valence-corrected chi connectivity index (χ3v) is 6.87. The number of piperidine rings is 1. The lowest BCUT2D eigenvalue weighted by atomic mass is 10.0. The number of nitrogens with zero attached hydrogens (tertiary/aromatic N) is 3. The molecule has 0 N–H and O–H groups in total. The van der Waals surface area contributed by atoms with Crippen molar-refractivity contribution in [3.8, 4) is 11.5 Å². The summed E-state index contributed by atoms with van der Waals surface area (Å²) in [5, 5.41) is 0. The third-order valence-electron chi connectivity index (χ3n) is 6.87. The van der Waals surface area contributed by atoms with Gasteiger partial charge in [-0.1, -0.05) is 0 Å². The summed E-state index contributed by atoms with van der Waals surface area (Å²) in [7, 11) is 1.58. The number of benzene rings is 2. The number of carbonyl (C=O) groups excluding carboxylic acids is 1. The third kappa shape index (κ3) is 5.00. The number of ether oxygens (including phenoxy) is 3. The molecule has 1 aromatic heterocycles. The largest absolute Gasteiger partial charge is 0.497 e. The minimum absolute atomic E-state index is 0.0116. The molecule has 2 fully saturated rings. The van der Waals surface area contributed by atoms with Crippen LogP contribution in [0.25, 0.3) is 11.0 Å². The predicted octanol–water partition coefficient (Wildman–Crippen LogP) is 5.16. The van der Waals surface area contributed by atoms with Crippen LogP contribution in [0.4, 0.5) is 13.2 Å². The summed E-state index contributed by atoms with van der Waals surface area (Å²) in [6, 6.07) is 10.8.